The van der Waals surface area contributed by atoms with Gasteiger partial charge in [0.1, 0.15) is 11.1 Å². The van der Waals surface area contributed by atoms with Crippen LogP contribution in [0.15, 0.2) is 6.20 Å². The molecule has 2 rings (SSSR count). The normalized spacial score (nSPS) is 12.5. The van der Waals surface area contributed by atoms with E-state index in [1.54, 1.807) is 17.5 Å². The second-order valence-electron chi connectivity index (χ2n) is 6.00. The van der Waals surface area contributed by atoms with Crippen LogP contribution < -0.4 is 0 Å². The number of aryl methyl sites for hydroxylation is 2. The Hall–Kier alpha value is -1.93. The van der Waals surface area contributed by atoms with E-state index in [0.717, 1.165) is 28.4 Å². The Morgan fingerprint density at radius 3 is 2.71 bits per heavy atom. The van der Waals surface area contributed by atoms with Crippen molar-refractivity contribution < 1.29 is 0 Å². The van der Waals surface area contributed by atoms with Crippen LogP contribution in [0.2, 0.25) is 0 Å². The molecular weight excluding hydrogens is 280 g/mol. The third-order valence-electron chi connectivity index (χ3n) is 3.30. The quantitative estimate of drug-likeness (QED) is 0.868. The molecule has 0 bridgehead atoms. The molecule has 0 spiro atoms. The minimum Gasteiger partial charge on any atom is -0.281 e. The molecule has 0 radical (unpaired) electrons. The first kappa shape index (κ1) is 15.5. The smallest absolute Gasteiger partial charge is 0.134 e. The first-order chi connectivity index (χ1) is 9.86. The second kappa shape index (κ2) is 5.82. The van der Waals surface area contributed by atoms with Crippen molar-refractivity contribution in [3.05, 3.63) is 33.0 Å². The molecule has 2 aromatic rings. The van der Waals surface area contributed by atoms with Crippen LogP contribution in [0.25, 0.3) is 11.6 Å². The van der Waals surface area contributed by atoms with Crippen LogP contribution in [0.1, 0.15) is 54.5 Å². The fraction of sp³-hybridized carbons (Fsp3) is 0.438. The first-order valence-corrected chi connectivity index (χ1v) is 7.80. The van der Waals surface area contributed by atoms with Crippen LogP contribution in [0, 0.1) is 18.3 Å². The van der Waals surface area contributed by atoms with Crippen molar-refractivity contribution in [1.82, 2.24) is 15.2 Å². The molecule has 0 aliphatic carbocycles. The monoisotopic (exact) mass is 300 g/mol. The standard InChI is InChI=1S/C16H20N4S/c1-6-13-10(2)21-15(19-13)11(8-17)7-12-9-18-20-14(12)16(3,4)5/h7,9H,6H2,1-5H3,(H,18,20)/b11-7+. The zero-order chi connectivity index (χ0) is 15.6. The molecule has 0 aromatic carbocycles. The van der Waals surface area contributed by atoms with Crippen LogP contribution in [0.5, 0.6) is 0 Å². The van der Waals surface area contributed by atoms with Gasteiger partial charge in [0.05, 0.1) is 17.5 Å². The van der Waals surface area contributed by atoms with Crippen molar-refractivity contribution >= 4 is 23.0 Å². The highest BCUT2D eigenvalue weighted by Gasteiger charge is 2.20. The molecule has 0 saturated carbocycles. The molecule has 1 N–H and O–H groups in total. The summed E-state index contributed by atoms with van der Waals surface area (Å²) in [4.78, 5) is 5.75. The van der Waals surface area contributed by atoms with Crippen molar-refractivity contribution in [2.45, 2.75) is 46.5 Å². The average Bonchev–Trinajstić information content (AvgIpc) is 3.01. The maximum atomic E-state index is 9.46. The molecule has 5 heteroatoms. The van der Waals surface area contributed by atoms with Gasteiger partial charge in [0, 0.05) is 21.5 Å². The van der Waals surface area contributed by atoms with Gasteiger partial charge < -0.3 is 0 Å². The van der Waals surface area contributed by atoms with Gasteiger partial charge >= 0.3 is 0 Å². The lowest BCUT2D eigenvalue weighted by atomic mass is 9.89. The van der Waals surface area contributed by atoms with E-state index in [1.807, 2.05) is 13.0 Å². The SMILES string of the molecule is CCc1nc(/C(C#N)=C/c2cn[nH]c2C(C)(C)C)sc1C. The van der Waals surface area contributed by atoms with Gasteiger partial charge in [-0.1, -0.05) is 27.7 Å². The first-order valence-electron chi connectivity index (χ1n) is 6.99. The van der Waals surface area contributed by atoms with Gasteiger partial charge in [0.15, 0.2) is 0 Å². The molecule has 0 saturated heterocycles. The number of rotatable bonds is 3. The Morgan fingerprint density at radius 1 is 1.48 bits per heavy atom. The Balaban J connectivity index is 2.47. The zero-order valence-corrected chi connectivity index (χ0v) is 13.9. The van der Waals surface area contributed by atoms with Crippen LogP contribution in [0.3, 0.4) is 0 Å². The molecule has 2 aromatic heterocycles. The number of thiazole rings is 1. The summed E-state index contributed by atoms with van der Waals surface area (Å²) < 4.78 is 0. The summed E-state index contributed by atoms with van der Waals surface area (Å²) in [6.07, 6.45) is 4.53. The van der Waals surface area contributed by atoms with Gasteiger partial charge in [0.25, 0.3) is 0 Å². The van der Waals surface area contributed by atoms with Gasteiger partial charge in [-0.3, -0.25) is 5.10 Å². The minimum atomic E-state index is -0.0454. The summed E-state index contributed by atoms with van der Waals surface area (Å²) >= 11 is 1.57. The molecular formula is C16H20N4S. The van der Waals surface area contributed by atoms with E-state index < -0.39 is 0 Å². The second-order valence-corrected chi connectivity index (χ2v) is 7.20. The lowest BCUT2D eigenvalue weighted by Crippen LogP contribution is -2.13. The molecule has 0 atom stereocenters. The third-order valence-corrected chi connectivity index (χ3v) is 4.34. The molecule has 4 nitrogen and oxygen atoms in total. The van der Waals surface area contributed by atoms with Crippen LogP contribution in [-0.4, -0.2) is 15.2 Å². The highest BCUT2D eigenvalue weighted by atomic mass is 32.1. The van der Waals surface area contributed by atoms with Crippen molar-refractivity contribution in [3.63, 3.8) is 0 Å². The highest BCUT2D eigenvalue weighted by Crippen LogP contribution is 2.29. The Labute approximate surface area is 129 Å². The maximum absolute atomic E-state index is 9.46. The summed E-state index contributed by atoms with van der Waals surface area (Å²) in [5, 5.41) is 17.4. The number of hydrogen-bond acceptors (Lipinski definition) is 4. The average molecular weight is 300 g/mol. The molecule has 0 aliphatic heterocycles. The third kappa shape index (κ3) is 3.22. The predicted molar refractivity (Wildman–Crippen MR) is 87.0 cm³/mol. The van der Waals surface area contributed by atoms with Crippen LogP contribution >= 0.6 is 11.3 Å². The Bertz CT molecular complexity index is 707. The van der Waals surface area contributed by atoms with E-state index in [0.29, 0.717) is 5.57 Å². The van der Waals surface area contributed by atoms with E-state index in [2.05, 4.69) is 48.9 Å². The Kier molecular flexibility index (Phi) is 4.29. The largest absolute Gasteiger partial charge is 0.281 e. The van der Waals surface area contributed by atoms with Crippen LogP contribution in [-0.2, 0) is 11.8 Å². The van der Waals surface area contributed by atoms with Crippen molar-refractivity contribution in [3.8, 4) is 6.07 Å². The van der Waals surface area contributed by atoms with Crippen molar-refractivity contribution in [2.75, 3.05) is 0 Å². The van der Waals surface area contributed by atoms with E-state index in [9.17, 15) is 5.26 Å². The topological polar surface area (TPSA) is 65.4 Å². The van der Waals surface area contributed by atoms with Crippen LogP contribution in [0.4, 0.5) is 0 Å². The van der Waals surface area contributed by atoms with Gasteiger partial charge in [-0.2, -0.15) is 10.4 Å². The summed E-state index contributed by atoms with van der Waals surface area (Å²) in [6.45, 7) is 10.5. The lowest BCUT2D eigenvalue weighted by Gasteiger charge is -2.17. The number of H-pyrrole nitrogens is 1. The summed E-state index contributed by atoms with van der Waals surface area (Å²) in [7, 11) is 0. The number of nitrogens with zero attached hydrogens (tertiary/aromatic N) is 3. The van der Waals surface area contributed by atoms with Crippen molar-refractivity contribution in [2.24, 2.45) is 0 Å². The molecule has 0 unspecified atom stereocenters. The van der Waals surface area contributed by atoms with Gasteiger partial charge in [-0.25, -0.2) is 4.98 Å². The molecule has 21 heavy (non-hydrogen) atoms. The number of aromatic nitrogens is 3. The highest BCUT2D eigenvalue weighted by molar-refractivity contribution is 7.12. The van der Waals surface area contributed by atoms with Gasteiger partial charge in [0.2, 0.25) is 0 Å². The van der Waals surface area contributed by atoms with Gasteiger partial charge in [-0.05, 0) is 19.4 Å². The van der Waals surface area contributed by atoms with E-state index in [-0.39, 0.29) is 5.41 Å². The number of allylic oxidation sites excluding steroid dienone is 1. The molecule has 110 valence electrons. The number of aromatic amines is 1. The molecule has 2 heterocycles. The predicted octanol–water partition coefficient (Wildman–Crippen LogP) is 4.10. The molecule has 0 amide bonds. The molecule has 0 fully saturated rings. The summed E-state index contributed by atoms with van der Waals surface area (Å²) in [6, 6.07) is 2.27. The number of hydrogen-bond donors (Lipinski definition) is 1. The maximum Gasteiger partial charge on any atom is 0.134 e. The van der Waals surface area contributed by atoms with E-state index >= 15 is 0 Å². The van der Waals surface area contributed by atoms with E-state index in [4.69, 9.17) is 0 Å². The summed E-state index contributed by atoms with van der Waals surface area (Å²) in [5.41, 5.74) is 3.59. The van der Waals surface area contributed by atoms with Crippen molar-refractivity contribution in [1.29, 1.82) is 5.26 Å². The fourth-order valence-electron chi connectivity index (χ4n) is 2.17. The van der Waals surface area contributed by atoms with E-state index in [1.165, 1.54) is 4.88 Å². The minimum absolute atomic E-state index is 0.0454. The Morgan fingerprint density at radius 2 is 2.19 bits per heavy atom. The fourth-order valence-corrected chi connectivity index (χ4v) is 3.14. The zero-order valence-electron chi connectivity index (χ0n) is 13.1. The number of nitriles is 1. The molecule has 0 aliphatic rings. The summed E-state index contributed by atoms with van der Waals surface area (Å²) in [5.74, 6) is 0. The van der Waals surface area contributed by atoms with Gasteiger partial charge in [-0.15, -0.1) is 11.3 Å². The number of nitrogens with one attached hydrogen (secondary N) is 1. The lowest BCUT2D eigenvalue weighted by molar-refractivity contribution is 0.566.